The maximum atomic E-state index is 12.9. The van der Waals surface area contributed by atoms with Crippen molar-refractivity contribution in [3.63, 3.8) is 0 Å². The molecule has 49 heteroatoms. The van der Waals surface area contributed by atoms with Crippen molar-refractivity contribution < 1.29 is 224 Å². The largest absolute Gasteiger partial charge is 0.508 e. The van der Waals surface area contributed by atoms with Crippen LogP contribution in [0.5, 0.6) is 0 Å². The smallest absolute Gasteiger partial charge is 0.221 e. The number of carbonyl (C=O) groups is 4. The van der Waals surface area contributed by atoms with Gasteiger partial charge in [0.2, 0.25) is 36.2 Å². The zero-order valence-electron chi connectivity index (χ0n) is 64.5. The Morgan fingerprint density at radius 1 is 0.436 bits per heavy atom. The second-order valence-corrected chi connectivity index (χ2v) is 30.2. The van der Waals surface area contributed by atoms with Crippen LogP contribution in [-0.4, -0.2) is 426 Å². The quantitative estimate of drug-likeness (QED) is 0.0199. The van der Waals surface area contributed by atoms with E-state index in [1.165, 1.54) is 20.8 Å². The van der Waals surface area contributed by atoms with E-state index in [1.54, 1.807) is 0 Å². The van der Waals surface area contributed by atoms with E-state index in [9.17, 15) is 167 Å². The van der Waals surface area contributed by atoms with Gasteiger partial charge in [0, 0.05) is 86.2 Å². The lowest BCUT2D eigenvalue weighted by molar-refractivity contribution is -0.397. The Balaban J connectivity index is 1.39. The van der Waals surface area contributed by atoms with Crippen LogP contribution in [0.15, 0.2) is 34.4 Å². The monoisotopic (exact) mass is 1710 g/mol. The lowest BCUT2D eigenvalue weighted by Crippen LogP contribution is -2.70. The van der Waals surface area contributed by atoms with E-state index in [4.69, 9.17) is 56.8 Å². The molecule has 678 valence electrons. The SMILES string of the molecule is CC(=O)N/C(=C(\O)C(CCO)OC1OC2CC(O)(O)C2C(O)C1O)C(O)OC1C(OCCC(O)C(OC(O)C(OC(O)/C(NC(C)=O)=C(\O)C(CCO)OC2OC3CC(O)(O)C3C(O)C2O)C(O)C(O)CCO)C(O)C(O)OC2C(CO)OC(OC(CCO)/C(O)=C(/NC(C)=O)C(O)C(C)(C)C)C(NC(C)=O)C2O)OC(CO)C(O)C1O. The fourth-order valence-corrected chi connectivity index (χ4v) is 13.9. The number of ether oxygens (including phenoxy) is 12. The summed E-state index contributed by atoms with van der Waals surface area (Å²) in [6.07, 6.45) is -74.5. The van der Waals surface area contributed by atoms with Gasteiger partial charge in [0.1, 0.15) is 138 Å². The number of hydrogen-bond acceptors (Lipinski definition) is 45. The van der Waals surface area contributed by atoms with Crippen LogP contribution in [0.2, 0.25) is 0 Å². The first-order valence-corrected chi connectivity index (χ1v) is 37.2. The standard InChI is InChI=1S/C68H116N4O45/c1-22(79)69-37(57(97)66(5,6)7)42(86)28(9-14-74)107-62-40(72-25(4)82)48(92)54(34(21-78)113-62)115-60(100)52(96)53(114-61(101)55(41(85)26(83)8-13-73)116-58(98)38(70-23(2)80)43(87)29(10-15-75)108-63-50(94)46(90)35-31(110-63)18-67(35,102)103)27(84)12-17-106-65-56(49(93)45(89)33(20-77)112-65)117-59(99)39(71-24(3)81)44(88)30(11-16-76)109-64-51(95)47(91)36-32(111-64)19-68(36,104)105/h26-36,40-41,45-65,73-78,83-105H,8-21H2,1-7H3,(H,69,79)(H,70,80)(H,71,81)(H,72,82)/b42-37-,43-38+,44-39-. The highest BCUT2D eigenvalue weighted by Crippen LogP contribution is 2.48. The summed E-state index contributed by atoms with van der Waals surface area (Å²) in [4.78, 5) is 50.8. The van der Waals surface area contributed by atoms with Crippen LogP contribution in [0.3, 0.4) is 0 Å². The van der Waals surface area contributed by atoms with Gasteiger partial charge in [-0.05, 0) is 18.3 Å². The van der Waals surface area contributed by atoms with E-state index in [-0.39, 0.29) is 0 Å². The Kier molecular flexibility index (Phi) is 37.8. The van der Waals surface area contributed by atoms with E-state index in [0.29, 0.717) is 0 Å². The molecule has 6 rings (SSSR count). The van der Waals surface area contributed by atoms with E-state index in [2.05, 4.69) is 10.6 Å². The summed E-state index contributed by atoms with van der Waals surface area (Å²) in [5, 5.41) is 330. The average Bonchev–Trinajstić information content (AvgIpc) is 0.735. The Hall–Kier alpha value is -5.02. The highest BCUT2D eigenvalue weighted by Gasteiger charge is 2.64. The third-order valence-corrected chi connectivity index (χ3v) is 20.2. The van der Waals surface area contributed by atoms with E-state index < -0.39 is 375 Å². The van der Waals surface area contributed by atoms with Crippen LogP contribution in [-0.2, 0) is 76.0 Å². The third kappa shape index (κ3) is 25.1. The van der Waals surface area contributed by atoms with Gasteiger partial charge in [0.05, 0.1) is 74.0 Å². The fraction of sp³-hybridized carbons (Fsp3) is 0.853. The van der Waals surface area contributed by atoms with Gasteiger partial charge in [-0.2, -0.15) is 0 Å². The number of fused-ring (bicyclic) bond motifs is 2. The van der Waals surface area contributed by atoms with Crippen molar-refractivity contribution in [1.29, 1.82) is 0 Å². The van der Waals surface area contributed by atoms with Crippen molar-refractivity contribution in [2.24, 2.45) is 17.3 Å². The Morgan fingerprint density at radius 3 is 1.30 bits per heavy atom. The molecule has 0 aromatic rings. The Labute approximate surface area is 666 Å². The highest BCUT2D eigenvalue weighted by molar-refractivity contribution is 5.76. The summed E-state index contributed by atoms with van der Waals surface area (Å²) in [5.41, 5.74) is -3.93. The summed E-state index contributed by atoms with van der Waals surface area (Å²) in [7, 11) is 0. The number of carbonyl (C=O) groups excluding carboxylic acids is 4. The van der Waals surface area contributed by atoms with E-state index >= 15 is 0 Å². The van der Waals surface area contributed by atoms with E-state index in [0.717, 1.165) is 27.7 Å². The number of aliphatic hydroxyl groups is 29. The van der Waals surface area contributed by atoms with Gasteiger partial charge in [0.25, 0.3) is 0 Å². The Morgan fingerprint density at radius 2 is 0.872 bits per heavy atom. The van der Waals surface area contributed by atoms with Crippen molar-refractivity contribution in [1.82, 2.24) is 21.3 Å². The number of rotatable bonds is 44. The van der Waals surface area contributed by atoms with Gasteiger partial charge in [-0.1, -0.05) is 20.8 Å². The van der Waals surface area contributed by atoms with Gasteiger partial charge in [-0.15, -0.1) is 0 Å². The van der Waals surface area contributed by atoms with Crippen LogP contribution in [0.25, 0.3) is 0 Å². The van der Waals surface area contributed by atoms with Crippen LogP contribution >= 0.6 is 0 Å². The summed E-state index contributed by atoms with van der Waals surface area (Å²) in [6, 6.07) is -1.96. The Bertz CT molecular complexity index is 3260. The number of hydrogen-bond donors (Lipinski definition) is 33. The molecule has 4 aliphatic heterocycles. The molecule has 4 saturated heterocycles. The van der Waals surface area contributed by atoms with Gasteiger partial charge in [-0.25, -0.2) is 0 Å². The van der Waals surface area contributed by atoms with Crippen molar-refractivity contribution in [3.05, 3.63) is 34.4 Å². The van der Waals surface area contributed by atoms with Gasteiger partial charge in [-0.3, -0.25) is 19.2 Å². The zero-order valence-corrected chi connectivity index (χ0v) is 64.5. The molecule has 2 saturated carbocycles. The van der Waals surface area contributed by atoms with Gasteiger partial charge < -0.3 is 226 Å². The lowest BCUT2D eigenvalue weighted by Gasteiger charge is -2.55. The molecule has 34 atom stereocenters. The topological polar surface area (TPSA) is 814 Å². The molecule has 34 unspecified atom stereocenters. The molecule has 0 aromatic carbocycles. The third-order valence-electron chi connectivity index (χ3n) is 20.2. The molecule has 4 heterocycles. The molecule has 6 fully saturated rings. The van der Waals surface area contributed by atoms with Crippen LogP contribution < -0.4 is 21.3 Å². The molecule has 0 bridgehead atoms. The predicted molar refractivity (Wildman–Crippen MR) is 374 cm³/mol. The summed E-state index contributed by atoms with van der Waals surface area (Å²) in [5.74, 6) is -15.4. The first-order valence-electron chi connectivity index (χ1n) is 37.2. The first kappa shape index (κ1) is 101. The average molecular weight is 1710 g/mol. The zero-order chi connectivity index (χ0) is 88.1. The van der Waals surface area contributed by atoms with Crippen LogP contribution in [0.1, 0.15) is 93.4 Å². The van der Waals surface area contributed by atoms with Crippen molar-refractivity contribution in [2.45, 2.75) is 302 Å². The van der Waals surface area contributed by atoms with Crippen molar-refractivity contribution in [3.8, 4) is 0 Å². The molecule has 4 amide bonds. The predicted octanol–water partition coefficient (Wildman–Crippen LogP) is -14.2. The van der Waals surface area contributed by atoms with Crippen molar-refractivity contribution in [2.75, 3.05) is 46.2 Å². The van der Waals surface area contributed by atoms with Crippen molar-refractivity contribution >= 4 is 23.6 Å². The summed E-state index contributed by atoms with van der Waals surface area (Å²) >= 11 is 0. The molecule has 2 aliphatic carbocycles. The lowest BCUT2D eigenvalue weighted by atomic mass is 9.69. The molecule has 0 aromatic heterocycles. The molecule has 117 heavy (non-hydrogen) atoms. The molecule has 0 spiro atoms. The normalized spacial score (nSPS) is 34.0. The molecule has 49 nitrogen and oxygen atoms in total. The molecule has 0 radical (unpaired) electrons. The van der Waals surface area contributed by atoms with Crippen LogP contribution in [0.4, 0.5) is 0 Å². The van der Waals surface area contributed by atoms with Crippen LogP contribution in [0, 0.1) is 17.3 Å². The van der Waals surface area contributed by atoms with Gasteiger partial charge in [0.15, 0.2) is 49.3 Å². The molecular weight excluding hydrogens is 1590 g/mol. The minimum atomic E-state index is -3.13. The summed E-state index contributed by atoms with van der Waals surface area (Å²) in [6.45, 7) is 1.03. The maximum absolute atomic E-state index is 12.9. The summed E-state index contributed by atoms with van der Waals surface area (Å²) < 4.78 is 68.5. The molecular formula is C68H116N4O45. The number of amides is 4. The minimum absolute atomic E-state index is 0.497. The maximum Gasteiger partial charge on any atom is 0.221 e. The fourth-order valence-electron chi connectivity index (χ4n) is 13.9. The molecule has 33 N–H and O–H groups in total. The second kappa shape index (κ2) is 43.8. The minimum Gasteiger partial charge on any atom is -0.508 e. The first-order chi connectivity index (χ1) is 54.6. The second-order valence-electron chi connectivity index (χ2n) is 30.2. The highest BCUT2D eigenvalue weighted by atomic mass is 16.8. The number of aliphatic hydroxyl groups excluding tert-OH is 25. The van der Waals surface area contributed by atoms with Gasteiger partial charge >= 0.3 is 0 Å². The molecule has 6 aliphatic rings. The van der Waals surface area contributed by atoms with E-state index in [1.807, 2.05) is 10.6 Å². The number of nitrogens with one attached hydrogen (secondary N) is 4.